The maximum Gasteiger partial charge on any atom is 0.508 e. The van der Waals surface area contributed by atoms with E-state index in [1.807, 2.05) is 0 Å². The lowest BCUT2D eigenvalue weighted by molar-refractivity contribution is 0.0529. The highest BCUT2D eigenvalue weighted by molar-refractivity contribution is 5.59. The highest BCUT2D eigenvalue weighted by Crippen LogP contribution is 2.13. The minimum Gasteiger partial charge on any atom is -0.434 e. The van der Waals surface area contributed by atoms with Crippen molar-refractivity contribution in [2.45, 2.75) is 194 Å². The lowest BCUT2D eigenvalue weighted by atomic mass is 10.1. The first kappa shape index (κ1) is 37.0. The second kappa shape index (κ2) is 34.0. The zero-order valence-electron chi connectivity index (χ0n) is 26.1. The number of carbonyl (C=O) groups excluding carboxylic acids is 1. The third-order valence-electron chi connectivity index (χ3n) is 7.59. The predicted octanol–water partition coefficient (Wildman–Crippen LogP) is 12.7. The topological polar surface area (TPSA) is 35.5 Å². The van der Waals surface area contributed by atoms with Crippen LogP contribution in [0.3, 0.4) is 0 Å². The van der Waals surface area contributed by atoms with Crippen molar-refractivity contribution in [3.63, 3.8) is 0 Å². The Kier molecular flexibility index (Phi) is 33.2. The molecule has 0 radical (unpaired) electrons. The van der Waals surface area contributed by atoms with E-state index >= 15 is 0 Å². The van der Waals surface area contributed by atoms with Crippen molar-refractivity contribution < 1.29 is 14.3 Å². The van der Waals surface area contributed by atoms with E-state index in [1.54, 1.807) is 0 Å². The molecular weight excluding hydrogens is 468 g/mol. The van der Waals surface area contributed by atoms with Crippen LogP contribution in [0.4, 0.5) is 4.79 Å². The number of rotatable bonds is 31. The minimum absolute atomic E-state index is 0.480. The number of hydrogen-bond acceptors (Lipinski definition) is 3. The first-order valence-electron chi connectivity index (χ1n) is 17.3. The maximum absolute atomic E-state index is 11.7. The summed E-state index contributed by atoms with van der Waals surface area (Å²) in [6, 6.07) is 0. The molecule has 0 aliphatic rings. The van der Waals surface area contributed by atoms with Gasteiger partial charge in [-0.15, -0.1) is 0 Å². The Balaban J connectivity index is 3.19. The van der Waals surface area contributed by atoms with Gasteiger partial charge in [-0.3, -0.25) is 0 Å². The summed E-state index contributed by atoms with van der Waals surface area (Å²) in [6.07, 6.45) is 41.0. The molecule has 0 rings (SSSR count). The molecule has 0 N–H and O–H groups in total. The van der Waals surface area contributed by atoms with Gasteiger partial charge in [0.15, 0.2) is 0 Å². The van der Waals surface area contributed by atoms with Crippen LogP contribution in [-0.2, 0) is 9.47 Å². The Morgan fingerprint density at radius 3 is 0.974 bits per heavy atom. The number of ether oxygens (including phenoxy) is 2. The molecule has 0 aromatic rings. The summed E-state index contributed by atoms with van der Waals surface area (Å²) in [6.45, 7) is 5.56. The largest absolute Gasteiger partial charge is 0.508 e. The first-order chi connectivity index (χ1) is 18.8. The SMILES string of the molecule is CCCCCCCCCC/C=C\CCCCCCCCOC(=O)OCCCCCCCCCCCCCC. The highest BCUT2D eigenvalue weighted by Gasteiger charge is 2.03. The number of carbonyl (C=O) groups is 1. The van der Waals surface area contributed by atoms with Crippen LogP contribution in [0.2, 0.25) is 0 Å². The number of unbranched alkanes of at least 4 members (excludes halogenated alkanes) is 25. The van der Waals surface area contributed by atoms with Gasteiger partial charge in [-0.05, 0) is 38.5 Å². The molecule has 226 valence electrons. The standard InChI is InChI=1S/C35H68O3/c1-3-5-7-9-11-13-15-17-18-19-20-21-22-24-26-28-30-32-34-38-35(36)37-33-31-29-27-25-23-16-14-12-10-8-6-4-2/h19-20H,3-18,21-34H2,1-2H3/b20-19-. The van der Waals surface area contributed by atoms with E-state index in [0.29, 0.717) is 13.2 Å². The van der Waals surface area contributed by atoms with Crippen molar-refractivity contribution >= 4 is 6.16 Å². The first-order valence-corrected chi connectivity index (χ1v) is 17.3. The zero-order valence-corrected chi connectivity index (χ0v) is 26.1. The molecule has 0 unspecified atom stereocenters. The lowest BCUT2D eigenvalue weighted by Crippen LogP contribution is -2.09. The summed E-state index contributed by atoms with van der Waals surface area (Å²) in [5.74, 6) is 0. The summed E-state index contributed by atoms with van der Waals surface area (Å²) in [5, 5.41) is 0. The van der Waals surface area contributed by atoms with Gasteiger partial charge in [0, 0.05) is 0 Å². The van der Waals surface area contributed by atoms with Gasteiger partial charge in [0.2, 0.25) is 0 Å². The molecule has 0 fully saturated rings. The monoisotopic (exact) mass is 537 g/mol. The lowest BCUT2D eigenvalue weighted by Gasteiger charge is -2.06. The van der Waals surface area contributed by atoms with Crippen LogP contribution in [0.1, 0.15) is 194 Å². The van der Waals surface area contributed by atoms with Crippen LogP contribution in [0.15, 0.2) is 12.2 Å². The van der Waals surface area contributed by atoms with Crippen molar-refractivity contribution in [2.24, 2.45) is 0 Å². The van der Waals surface area contributed by atoms with Gasteiger partial charge in [-0.1, -0.05) is 167 Å². The van der Waals surface area contributed by atoms with Crippen molar-refractivity contribution in [1.29, 1.82) is 0 Å². The van der Waals surface area contributed by atoms with Crippen LogP contribution in [0.5, 0.6) is 0 Å². The van der Waals surface area contributed by atoms with Crippen molar-refractivity contribution in [3.05, 3.63) is 12.2 Å². The van der Waals surface area contributed by atoms with Crippen LogP contribution in [0, 0.1) is 0 Å². The molecule has 0 saturated heterocycles. The average molecular weight is 537 g/mol. The van der Waals surface area contributed by atoms with Gasteiger partial charge in [-0.2, -0.15) is 0 Å². The molecule has 0 aromatic carbocycles. The fourth-order valence-corrected chi connectivity index (χ4v) is 5.00. The number of allylic oxidation sites excluding steroid dienone is 2. The van der Waals surface area contributed by atoms with E-state index in [-0.39, 0.29) is 0 Å². The van der Waals surface area contributed by atoms with Gasteiger partial charge >= 0.3 is 6.16 Å². The van der Waals surface area contributed by atoms with Gasteiger partial charge in [-0.25, -0.2) is 4.79 Å². The Morgan fingerprint density at radius 2 is 0.658 bits per heavy atom. The van der Waals surface area contributed by atoms with E-state index in [2.05, 4.69) is 26.0 Å². The molecule has 38 heavy (non-hydrogen) atoms. The van der Waals surface area contributed by atoms with E-state index < -0.39 is 6.16 Å². The van der Waals surface area contributed by atoms with Crippen molar-refractivity contribution in [2.75, 3.05) is 13.2 Å². The van der Waals surface area contributed by atoms with Crippen molar-refractivity contribution in [3.8, 4) is 0 Å². The van der Waals surface area contributed by atoms with E-state index in [1.165, 1.54) is 154 Å². The fraction of sp³-hybridized carbons (Fsp3) is 0.914. The van der Waals surface area contributed by atoms with E-state index in [0.717, 1.165) is 25.7 Å². The zero-order chi connectivity index (χ0) is 27.6. The molecule has 0 amide bonds. The molecular formula is C35H68O3. The predicted molar refractivity (Wildman–Crippen MR) is 167 cm³/mol. The smallest absolute Gasteiger partial charge is 0.434 e. The van der Waals surface area contributed by atoms with Gasteiger partial charge in [0.1, 0.15) is 0 Å². The molecule has 0 bridgehead atoms. The second-order valence-electron chi connectivity index (χ2n) is 11.5. The Bertz CT molecular complexity index is 474. The Morgan fingerprint density at radius 1 is 0.395 bits per heavy atom. The van der Waals surface area contributed by atoms with E-state index in [9.17, 15) is 4.79 Å². The Labute approximate surface area is 239 Å². The molecule has 0 spiro atoms. The summed E-state index contributed by atoms with van der Waals surface area (Å²) >= 11 is 0. The molecule has 0 aliphatic heterocycles. The quantitative estimate of drug-likeness (QED) is 0.0502. The molecule has 0 heterocycles. The van der Waals surface area contributed by atoms with Crippen LogP contribution in [-0.4, -0.2) is 19.4 Å². The number of hydrogen-bond donors (Lipinski definition) is 0. The summed E-state index contributed by atoms with van der Waals surface area (Å²) in [5.41, 5.74) is 0. The van der Waals surface area contributed by atoms with Crippen molar-refractivity contribution in [1.82, 2.24) is 0 Å². The van der Waals surface area contributed by atoms with Gasteiger partial charge in [0.05, 0.1) is 13.2 Å². The fourth-order valence-electron chi connectivity index (χ4n) is 5.00. The highest BCUT2D eigenvalue weighted by atomic mass is 16.7. The summed E-state index contributed by atoms with van der Waals surface area (Å²) in [4.78, 5) is 11.7. The Hall–Kier alpha value is -0.990. The van der Waals surface area contributed by atoms with Crippen LogP contribution < -0.4 is 0 Å². The van der Waals surface area contributed by atoms with Crippen LogP contribution in [0.25, 0.3) is 0 Å². The minimum atomic E-state index is -0.480. The molecule has 3 heteroatoms. The van der Waals surface area contributed by atoms with Gasteiger partial charge < -0.3 is 9.47 Å². The summed E-state index contributed by atoms with van der Waals surface area (Å²) in [7, 11) is 0. The van der Waals surface area contributed by atoms with E-state index in [4.69, 9.17) is 9.47 Å². The molecule has 0 aliphatic carbocycles. The average Bonchev–Trinajstić information content (AvgIpc) is 2.92. The second-order valence-corrected chi connectivity index (χ2v) is 11.5. The normalized spacial score (nSPS) is 11.4. The third-order valence-corrected chi connectivity index (χ3v) is 7.59. The molecule has 0 aromatic heterocycles. The maximum atomic E-state index is 11.7. The molecule has 0 atom stereocenters. The van der Waals surface area contributed by atoms with Crippen LogP contribution >= 0.6 is 0 Å². The summed E-state index contributed by atoms with van der Waals surface area (Å²) < 4.78 is 10.4. The van der Waals surface area contributed by atoms with Gasteiger partial charge in [0.25, 0.3) is 0 Å². The third kappa shape index (κ3) is 33.0. The molecule has 0 saturated carbocycles. The molecule has 3 nitrogen and oxygen atoms in total.